The minimum Gasteiger partial charge on any atom is -0.489 e. The quantitative estimate of drug-likeness (QED) is 0.576. The monoisotopic (exact) mass is 326 g/mol. The van der Waals surface area contributed by atoms with Gasteiger partial charge in [-0.2, -0.15) is 0 Å². The van der Waals surface area contributed by atoms with Crippen molar-refractivity contribution in [2.45, 2.75) is 23.6 Å². The predicted octanol–water partition coefficient (Wildman–Crippen LogP) is 5.75. The molecule has 0 heterocycles. The van der Waals surface area contributed by atoms with E-state index in [2.05, 4.69) is 37.4 Å². The molecular weight excluding hydrogens is 304 g/mol. The summed E-state index contributed by atoms with van der Waals surface area (Å²) in [5, 5.41) is 0. The summed E-state index contributed by atoms with van der Waals surface area (Å²) >= 11 is 1.71. The first-order valence-corrected chi connectivity index (χ1v) is 8.27. The summed E-state index contributed by atoms with van der Waals surface area (Å²) in [6.07, 6.45) is 0. The van der Waals surface area contributed by atoms with Gasteiger partial charge in [0.2, 0.25) is 0 Å². The van der Waals surface area contributed by atoms with Crippen LogP contribution in [0.15, 0.2) is 82.6 Å². The lowest BCUT2D eigenvalue weighted by Crippen LogP contribution is -1.97. The highest BCUT2D eigenvalue weighted by atomic mass is 32.2. The Balaban J connectivity index is 1.91. The third-order valence-electron chi connectivity index (χ3n) is 2.85. The lowest BCUT2D eigenvalue weighted by Gasteiger charge is -2.08. The SMILES string of the molecule is C=C(C)COc1ccc(Sc2ccc(OCC(=C)C)cc2)cc1. The van der Waals surface area contributed by atoms with Crippen LogP contribution in [0.2, 0.25) is 0 Å². The van der Waals surface area contributed by atoms with E-state index in [1.54, 1.807) is 11.8 Å². The van der Waals surface area contributed by atoms with Crippen molar-refractivity contribution in [3.05, 3.63) is 72.8 Å². The number of benzene rings is 2. The van der Waals surface area contributed by atoms with Gasteiger partial charge in [-0.1, -0.05) is 24.9 Å². The van der Waals surface area contributed by atoms with E-state index in [4.69, 9.17) is 9.47 Å². The fourth-order valence-corrected chi connectivity index (χ4v) is 2.57. The maximum Gasteiger partial charge on any atom is 0.119 e. The van der Waals surface area contributed by atoms with Gasteiger partial charge < -0.3 is 9.47 Å². The van der Waals surface area contributed by atoms with Crippen molar-refractivity contribution in [2.75, 3.05) is 13.2 Å². The Hall–Kier alpha value is -2.13. The first kappa shape index (κ1) is 17.2. The molecule has 0 fully saturated rings. The Kier molecular flexibility index (Phi) is 6.36. The van der Waals surface area contributed by atoms with Crippen LogP contribution < -0.4 is 9.47 Å². The lowest BCUT2D eigenvalue weighted by molar-refractivity contribution is 0.352. The smallest absolute Gasteiger partial charge is 0.119 e. The van der Waals surface area contributed by atoms with Crippen LogP contribution in [0, 0.1) is 0 Å². The third kappa shape index (κ3) is 6.25. The predicted molar refractivity (Wildman–Crippen MR) is 97.6 cm³/mol. The summed E-state index contributed by atoms with van der Waals surface area (Å²) in [4.78, 5) is 2.34. The van der Waals surface area contributed by atoms with Crippen LogP contribution in [0.4, 0.5) is 0 Å². The average molecular weight is 326 g/mol. The van der Waals surface area contributed by atoms with E-state index in [1.807, 2.05) is 38.1 Å². The average Bonchev–Trinajstić information content (AvgIpc) is 2.53. The van der Waals surface area contributed by atoms with E-state index in [0.717, 1.165) is 22.6 Å². The maximum atomic E-state index is 5.60. The zero-order valence-electron chi connectivity index (χ0n) is 13.7. The molecule has 0 atom stereocenters. The van der Waals surface area contributed by atoms with Gasteiger partial charge in [-0.05, 0) is 73.5 Å². The van der Waals surface area contributed by atoms with Crippen LogP contribution in [-0.4, -0.2) is 13.2 Å². The van der Waals surface area contributed by atoms with Gasteiger partial charge in [0.1, 0.15) is 24.7 Å². The summed E-state index contributed by atoms with van der Waals surface area (Å²) in [6, 6.07) is 16.2. The van der Waals surface area contributed by atoms with Crippen molar-refractivity contribution in [2.24, 2.45) is 0 Å². The van der Waals surface area contributed by atoms with Gasteiger partial charge in [-0.25, -0.2) is 0 Å². The van der Waals surface area contributed by atoms with Gasteiger partial charge >= 0.3 is 0 Å². The van der Waals surface area contributed by atoms with E-state index in [1.165, 1.54) is 9.79 Å². The van der Waals surface area contributed by atoms with Crippen molar-refractivity contribution in [1.82, 2.24) is 0 Å². The molecule has 0 bridgehead atoms. The lowest BCUT2D eigenvalue weighted by atomic mass is 10.3. The zero-order chi connectivity index (χ0) is 16.7. The molecule has 0 aliphatic heterocycles. The molecule has 0 amide bonds. The summed E-state index contributed by atoms with van der Waals surface area (Å²) in [5.74, 6) is 1.72. The van der Waals surface area contributed by atoms with Crippen LogP contribution in [-0.2, 0) is 0 Å². The standard InChI is InChI=1S/C20H22O2S/c1-15(2)13-21-17-5-9-19(10-6-17)23-20-11-7-18(8-12-20)22-14-16(3)4/h5-12H,1,3,13-14H2,2,4H3. The van der Waals surface area contributed by atoms with Gasteiger partial charge in [0.05, 0.1) is 0 Å². The van der Waals surface area contributed by atoms with Gasteiger partial charge in [0.25, 0.3) is 0 Å². The van der Waals surface area contributed by atoms with Crippen molar-refractivity contribution >= 4 is 11.8 Å². The highest BCUT2D eigenvalue weighted by Gasteiger charge is 2.00. The largest absolute Gasteiger partial charge is 0.489 e. The number of hydrogen-bond acceptors (Lipinski definition) is 3. The molecule has 0 N–H and O–H groups in total. The molecule has 0 aliphatic rings. The summed E-state index contributed by atoms with van der Waals surface area (Å²) in [7, 11) is 0. The number of rotatable bonds is 8. The molecule has 0 aliphatic carbocycles. The molecule has 0 radical (unpaired) electrons. The summed E-state index contributed by atoms with van der Waals surface area (Å²) in [6.45, 7) is 12.7. The molecule has 23 heavy (non-hydrogen) atoms. The topological polar surface area (TPSA) is 18.5 Å². The molecule has 2 aromatic rings. The van der Waals surface area contributed by atoms with Crippen molar-refractivity contribution in [1.29, 1.82) is 0 Å². The summed E-state index contributed by atoms with van der Waals surface area (Å²) in [5.41, 5.74) is 2.02. The fourth-order valence-electron chi connectivity index (χ4n) is 1.76. The minimum atomic E-state index is 0.554. The zero-order valence-corrected chi connectivity index (χ0v) is 14.5. The first-order valence-electron chi connectivity index (χ1n) is 7.45. The highest BCUT2D eigenvalue weighted by molar-refractivity contribution is 7.99. The Morgan fingerprint density at radius 2 is 1.09 bits per heavy atom. The normalized spacial score (nSPS) is 10.2. The molecule has 2 rings (SSSR count). The van der Waals surface area contributed by atoms with Gasteiger partial charge in [-0.15, -0.1) is 0 Å². The molecule has 0 spiro atoms. The second kappa shape index (κ2) is 8.49. The third-order valence-corrected chi connectivity index (χ3v) is 3.87. The van der Waals surface area contributed by atoms with Crippen LogP contribution in [0.5, 0.6) is 11.5 Å². The fraction of sp³-hybridized carbons (Fsp3) is 0.200. The Bertz CT molecular complexity index is 598. The van der Waals surface area contributed by atoms with Gasteiger partial charge in [0.15, 0.2) is 0 Å². The Morgan fingerprint density at radius 3 is 1.39 bits per heavy atom. The van der Waals surface area contributed by atoms with Gasteiger partial charge in [0, 0.05) is 9.79 Å². The van der Waals surface area contributed by atoms with Gasteiger partial charge in [-0.3, -0.25) is 0 Å². The highest BCUT2D eigenvalue weighted by Crippen LogP contribution is 2.30. The van der Waals surface area contributed by atoms with E-state index in [9.17, 15) is 0 Å². The Labute approximate surface area is 142 Å². The molecule has 3 heteroatoms. The van der Waals surface area contributed by atoms with Crippen molar-refractivity contribution in [3.8, 4) is 11.5 Å². The van der Waals surface area contributed by atoms with Crippen molar-refractivity contribution < 1.29 is 9.47 Å². The van der Waals surface area contributed by atoms with E-state index >= 15 is 0 Å². The van der Waals surface area contributed by atoms with Crippen molar-refractivity contribution in [3.63, 3.8) is 0 Å². The second-order valence-corrected chi connectivity index (χ2v) is 6.68. The molecule has 0 saturated heterocycles. The van der Waals surface area contributed by atoms with Crippen LogP contribution in [0.3, 0.4) is 0 Å². The molecule has 2 nitrogen and oxygen atoms in total. The van der Waals surface area contributed by atoms with Crippen LogP contribution in [0.25, 0.3) is 0 Å². The summed E-state index contributed by atoms with van der Waals surface area (Å²) < 4.78 is 11.2. The second-order valence-electron chi connectivity index (χ2n) is 5.54. The molecule has 0 aromatic heterocycles. The van der Waals surface area contributed by atoms with Crippen LogP contribution in [0.1, 0.15) is 13.8 Å². The van der Waals surface area contributed by atoms with E-state index in [0.29, 0.717) is 13.2 Å². The van der Waals surface area contributed by atoms with E-state index < -0.39 is 0 Å². The minimum absolute atomic E-state index is 0.554. The number of hydrogen-bond donors (Lipinski definition) is 0. The molecule has 120 valence electrons. The van der Waals surface area contributed by atoms with Crippen LogP contribution >= 0.6 is 11.8 Å². The molecule has 2 aromatic carbocycles. The molecule has 0 saturated carbocycles. The molecule has 0 unspecified atom stereocenters. The maximum absolute atomic E-state index is 5.60. The Morgan fingerprint density at radius 1 is 0.739 bits per heavy atom. The van der Waals surface area contributed by atoms with E-state index in [-0.39, 0.29) is 0 Å². The molecular formula is C20H22O2S. The number of ether oxygens (including phenoxy) is 2. The first-order chi connectivity index (χ1) is 11.0.